The summed E-state index contributed by atoms with van der Waals surface area (Å²) < 4.78 is 10.8. The van der Waals surface area contributed by atoms with Gasteiger partial charge in [-0.15, -0.1) is 0 Å². The van der Waals surface area contributed by atoms with Crippen LogP contribution in [0.4, 0.5) is 0 Å². The molecule has 0 bridgehead atoms. The van der Waals surface area contributed by atoms with Gasteiger partial charge in [-0.25, -0.2) is 0 Å². The molecular formula is C17H24N4O2. The number of hydrogen-bond donors (Lipinski definition) is 2. The zero-order valence-electron chi connectivity index (χ0n) is 13.5. The summed E-state index contributed by atoms with van der Waals surface area (Å²) in [5, 5.41) is 10.5. The van der Waals surface area contributed by atoms with E-state index >= 15 is 0 Å². The van der Waals surface area contributed by atoms with Gasteiger partial charge in [0.05, 0.1) is 20.3 Å². The molecule has 6 heteroatoms. The maximum absolute atomic E-state index is 5.49. The second-order valence-electron chi connectivity index (χ2n) is 5.65. The van der Waals surface area contributed by atoms with E-state index in [1.165, 1.54) is 5.56 Å². The first-order valence-electron chi connectivity index (χ1n) is 8.01. The number of H-pyrrole nitrogens is 1. The van der Waals surface area contributed by atoms with Crippen molar-refractivity contribution in [3.63, 3.8) is 0 Å². The van der Waals surface area contributed by atoms with E-state index in [2.05, 4.69) is 32.5 Å². The van der Waals surface area contributed by atoms with E-state index in [1.807, 2.05) is 18.2 Å². The van der Waals surface area contributed by atoms with Crippen molar-refractivity contribution >= 4 is 0 Å². The summed E-state index contributed by atoms with van der Waals surface area (Å²) >= 11 is 0. The van der Waals surface area contributed by atoms with Crippen molar-refractivity contribution in [2.75, 3.05) is 40.0 Å². The molecule has 23 heavy (non-hydrogen) atoms. The molecule has 2 aromatic rings. The van der Waals surface area contributed by atoms with Crippen molar-refractivity contribution in [2.45, 2.75) is 12.6 Å². The fourth-order valence-electron chi connectivity index (χ4n) is 2.90. The van der Waals surface area contributed by atoms with Gasteiger partial charge in [0, 0.05) is 44.1 Å². The fraction of sp³-hybridized carbons (Fsp3) is 0.471. The number of hydrogen-bond acceptors (Lipinski definition) is 5. The van der Waals surface area contributed by atoms with E-state index in [0.29, 0.717) is 6.04 Å². The average Bonchev–Trinajstić information content (AvgIpc) is 3.13. The largest absolute Gasteiger partial charge is 0.497 e. The minimum Gasteiger partial charge on any atom is -0.497 e. The van der Waals surface area contributed by atoms with Gasteiger partial charge in [-0.3, -0.25) is 10.00 Å². The number of benzene rings is 1. The Balaban J connectivity index is 1.66. The Labute approximate surface area is 136 Å². The molecule has 0 amide bonds. The summed E-state index contributed by atoms with van der Waals surface area (Å²) in [7, 11) is 1.69. The molecule has 0 spiro atoms. The molecular weight excluding hydrogens is 292 g/mol. The highest BCUT2D eigenvalue weighted by Gasteiger charge is 2.22. The van der Waals surface area contributed by atoms with E-state index < -0.39 is 0 Å². The maximum atomic E-state index is 5.49. The van der Waals surface area contributed by atoms with Crippen LogP contribution < -0.4 is 10.1 Å². The molecule has 1 aliphatic rings. The Morgan fingerprint density at radius 3 is 2.70 bits per heavy atom. The number of aromatic nitrogens is 2. The minimum atomic E-state index is 0.327. The van der Waals surface area contributed by atoms with E-state index in [1.54, 1.807) is 13.3 Å². The zero-order valence-corrected chi connectivity index (χ0v) is 13.5. The van der Waals surface area contributed by atoms with Gasteiger partial charge in [0.2, 0.25) is 0 Å². The lowest BCUT2D eigenvalue weighted by molar-refractivity contribution is 0.0161. The average molecular weight is 316 g/mol. The molecule has 6 nitrogen and oxygen atoms in total. The van der Waals surface area contributed by atoms with Crippen LogP contribution in [0, 0.1) is 0 Å². The number of ether oxygens (including phenoxy) is 2. The molecule has 2 heterocycles. The molecule has 1 atom stereocenters. The number of nitrogens with one attached hydrogen (secondary N) is 2. The monoisotopic (exact) mass is 316 g/mol. The summed E-state index contributed by atoms with van der Waals surface area (Å²) in [4.78, 5) is 2.48. The Bertz CT molecular complexity index is 565. The molecule has 1 unspecified atom stereocenters. The van der Waals surface area contributed by atoms with Crippen LogP contribution in [0.5, 0.6) is 5.75 Å². The van der Waals surface area contributed by atoms with Crippen molar-refractivity contribution in [1.29, 1.82) is 0 Å². The topological polar surface area (TPSA) is 62.4 Å². The quantitative estimate of drug-likeness (QED) is 0.812. The molecule has 0 radical (unpaired) electrons. The molecule has 1 saturated heterocycles. The summed E-state index contributed by atoms with van der Waals surface area (Å²) in [5.74, 6) is 0.889. The van der Waals surface area contributed by atoms with Gasteiger partial charge < -0.3 is 14.8 Å². The second kappa shape index (κ2) is 8.10. The maximum Gasteiger partial charge on any atom is 0.118 e. The Morgan fingerprint density at radius 2 is 2.04 bits per heavy atom. The predicted octanol–water partition coefficient (Wildman–Crippen LogP) is 1.58. The number of rotatable bonds is 7. The van der Waals surface area contributed by atoms with Crippen molar-refractivity contribution in [2.24, 2.45) is 0 Å². The van der Waals surface area contributed by atoms with E-state index in [0.717, 1.165) is 50.8 Å². The first-order valence-corrected chi connectivity index (χ1v) is 8.01. The standard InChI is InChI=1S/C17H24N4O2/c1-22-16-4-2-14(3-5-16)17(21-8-10-23-11-9-21)13-18-12-15-6-7-19-20-15/h2-7,17-18H,8-13H2,1H3,(H,19,20). The molecule has 0 aliphatic carbocycles. The zero-order chi connectivity index (χ0) is 15.9. The predicted molar refractivity (Wildman–Crippen MR) is 88.4 cm³/mol. The van der Waals surface area contributed by atoms with Crippen molar-refractivity contribution < 1.29 is 9.47 Å². The molecule has 1 aromatic carbocycles. The van der Waals surface area contributed by atoms with Gasteiger partial charge in [0.25, 0.3) is 0 Å². The smallest absolute Gasteiger partial charge is 0.118 e. The van der Waals surface area contributed by atoms with Gasteiger partial charge in [-0.05, 0) is 23.8 Å². The van der Waals surface area contributed by atoms with Crippen LogP contribution in [0.1, 0.15) is 17.3 Å². The molecule has 1 aliphatic heterocycles. The van der Waals surface area contributed by atoms with Crippen LogP contribution in [0.3, 0.4) is 0 Å². The summed E-state index contributed by atoms with van der Waals surface area (Å²) in [6.45, 7) is 5.19. The van der Waals surface area contributed by atoms with Gasteiger partial charge in [0.1, 0.15) is 5.75 Å². The molecule has 2 N–H and O–H groups in total. The highest BCUT2D eigenvalue weighted by Crippen LogP contribution is 2.23. The first-order chi connectivity index (χ1) is 11.4. The SMILES string of the molecule is COc1ccc(C(CNCc2ccn[nH]2)N2CCOCC2)cc1. The number of nitrogens with zero attached hydrogens (tertiary/aromatic N) is 2. The van der Waals surface area contributed by atoms with E-state index in [-0.39, 0.29) is 0 Å². The summed E-state index contributed by atoms with van der Waals surface area (Å²) in [5.41, 5.74) is 2.39. The summed E-state index contributed by atoms with van der Waals surface area (Å²) in [6, 6.07) is 10.7. The van der Waals surface area contributed by atoms with Crippen LogP contribution in [0.2, 0.25) is 0 Å². The molecule has 0 saturated carbocycles. The molecule has 1 aromatic heterocycles. The third-order valence-electron chi connectivity index (χ3n) is 4.20. The fourth-order valence-corrected chi connectivity index (χ4v) is 2.90. The Hall–Kier alpha value is -1.89. The van der Waals surface area contributed by atoms with Crippen LogP contribution in [0.15, 0.2) is 36.5 Å². The highest BCUT2D eigenvalue weighted by atomic mass is 16.5. The van der Waals surface area contributed by atoms with Gasteiger partial charge in [0.15, 0.2) is 0 Å². The van der Waals surface area contributed by atoms with Gasteiger partial charge >= 0.3 is 0 Å². The van der Waals surface area contributed by atoms with E-state index in [4.69, 9.17) is 9.47 Å². The van der Waals surface area contributed by atoms with Gasteiger partial charge in [-0.1, -0.05) is 12.1 Å². The first kappa shape index (κ1) is 16.0. The Kier molecular flexibility index (Phi) is 5.63. The van der Waals surface area contributed by atoms with Crippen LogP contribution >= 0.6 is 0 Å². The van der Waals surface area contributed by atoms with Crippen molar-refractivity contribution in [1.82, 2.24) is 20.4 Å². The number of morpholine rings is 1. The Morgan fingerprint density at radius 1 is 1.26 bits per heavy atom. The van der Waals surface area contributed by atoms with Crippen molar-refractivity contribution in [3.8, 4) is 5.75 Å². The van der Waals surface area contributed by atoms with E-state index in [9.17, 15) is 0 Å². The molecule has 124 valence electrons. The third-order valence-corrected chi connectivity index (χ3v) is 4.20. The van der Waals surface area contributed by atoms with Gasteiger partial charge in [-0.2, -0.15) is 5.10 Å². The van der Waals surface area contributed by atoms with Crippen LogP contribution in [-0.4, -0.2) is 55.1 Å². The molecule has 1 fully saturated rings. The lowest BCUT2D eigenvalue weighted by atomic mass is 10.0. The normalized spacial score (nSPS) is 17.1. The summed E-state index contributed by atoms with van der Waals surface area (Å²) in [6.07, 6.45) is 1.78. The highest BCUT2D eigenvalue weighted by molar-refractivity contribution is 5.29. The lowest BCUT2D eigenvalue weighted by Crippen LogP contribution is -2.42. The number of methoxy groups -OCH3 is 1. The second-order valence-corrected chi connectivity index (χ2v) is 5.65. The minimum absolute atomic E-state index is 0.327. The van der Waals surface area contributed by atoms with Crippen molar-refractivity contribution in [3.05, 3.63) is 47.8 Å². The lowest BCUT2D eigenvalue weighted by Gasteiger charge is -2.35. The van der Waals surface area contributed by atoms with Crippen LogP contribution in [0.25, 0.3) is 0 Å². The van der Waals surface area contributed by atoms with Crippen LogP contribution in [-0.2, 0) is 11.3 Å². The number of aromatic amines is 1. The molecule has 3 rings (SSSR count). The third kappa shape index (κ3) is 4.31.